The Labute approximate surface area is 163 Å². The predicted octanol–water partition coefficient (Wildman–Crippen LogP) is 2.43. The number of carbonyl (C=O) groups is 1. The number of rotatable bonds is 5. The minimum Gasteiger partial charge on any atom is -0.392 e. The quantitative estimate of drug-likeness (QED) is 0.634. The van der Waals surface area contributed by atoms with Gasteiger partial charge < -0.3 is 15.0 Å². The highest BCUT2D eigenvalue weighted by Crippen LogP contribution is 2.24. The maximum Gasteiger partial charge on any atom is 0.223 e. The zero-order chi connectivity index (χ0) is 19.7. The third-order valence-electron chi connectivity index (χ3n) is 5.50. The van der Waals surface area contributed by atoms with Crippen molar-refractivity contribution < 1.29 is 9.90 Å². The van der Waals surface area contributed by atoms with Gasteiger partial charge in [0.1, 0.15) is 5.82 Å². The molecule has 1 aromatic carbocycles. The van der Waals surface area contributed by atoms with Crippen LogP contribution in [0.4, 0.5) is 0 Å². The van der Waals surface area contributed by atoms with E-state index in [0.29, 0.717) is 25.9 Å². The Morgan fingerprint density at radius 2 is 2.18 bits per heavy atom. The van der Waals surface area contributed by atoms with Crippen LogP contribution in [0.3, 0.4) is 0 Å². The molecular weight excluding hydrogens is 354 g/mol. The van der Waals surface area contributed by atoms with Crippen molar-refractivity contribution in [3.05, 3.63) is 58.2 Å². The average Bonchev–Trinajstić information content (AvgIpc) is 3.29. The summed E-state index contributed by atoms with van der Waals surface area (Å²) >= 11 is 0. The van der Waals surface area contributed by atoms with Gasteiger partial charge in [-0.25, -0.2) is 4.98 Å². The molecule has 4 rings (SSSR count). The first-order valence-corrected chi connectivity index (χ1v) is 9.61. The van der Waals surface area contributed by atoms with E-state index in [1.807, 2.05) is 43.0 Å². The second-order valence-corrected chi connectivity index (χ2v) is 7.35. The van der Waals surface area contributed by atoms with Crippen molar-refractivity contribution in [2.75, 3.05) is 6.54 Å². The van der Waals surface area contributed by atoms with E-state index in [1.165, 1.54) is 0 Å². The molecule has 146 valence electrons. The van der Waals surface area contributed by atoms with Crippen LogP contribution >= 0.6 is 0 Å². The molecule has 3 aromatic rings. The van der Waals surface area contributed by atoms with Crippen molar-refractivity contribution in [3.63, 3.8) is 0 Å². The summed E-state index contributed by atoms with van der Waals surface area (Å²) in [5.74, 6) is 0.932. The topological polar surface area (TPSA) is 97.9 Å². The molecule has 1 aliphatic rings. The van der Waals surface area contributed by atoms with Gasteiger partial charge in [0.25, 0.3) is 0 Å². The highest BCUT2D eigenvalue weighted by Gasteiger charge is 2.24. The number of aromatic nitrogens is 4. The normalized spacial score (nSPS) is 13.6. The number of H-pyrrole nitrogens is 2. The summed E-state index contributed by atoms with van der Waals surface area (Å²) in [6, 6.07) is 7.70. The van der Waals surface area contributed by atoms with Crippen LogP contribution in [-0.2, 0) is 30.8 Å². The highest BCUT2D eigenvalue weighted by atomic mass is 16.3. The summed E-state index contributed by atoms with van der Waals surface area (Å²) in [4.78, 5) is 22.7. The molecule has 0 spiro atoms. The number of aromatic amines is 2. The molecule has 3 heterocycles. The number of amides is 1. The Morgan fingerprint density at radius 1 is 1.32 bits per heavy atom. The third-order valence-corrected chi connectivity index (χ3v) is 5.50. The van der Waals surface area contributed by atoms with Crippen LogP contribution in [0, 0.1) is 13.8 Å². The maximum absolute atomic E-state index is 12.7. The summed E-state index contributed by atoms with van der Waals surface area (Å²) in [5, 5.41) is 16.6. The molecule has 0 fully saturated rings. The van der Waals surface area contributed by atoms with Gasteiger partial charge in [-0.3, -0.25) is 9.89 Å². The lowest BCUT2D eigenvalue weighted by Crippen LogP contribution is -2.36. The van der Waals surface area contributed by atoms with E-state index >= 15 is 0 Å². The van der Waals surface area contributed by atoms with Crippen molar-refractivity contribution >= 4 is 5.91 Å². The molecule has 0 saturated heterocycles. The second kappa shape index (κ2) is 7.59. The number of benzene rings is 1. The van der Waals surface area contributed by atoms with Crippen LogP contribution in [0.25, 0.3) is 11.4 Å². The molecule has 0 saturated carbocycles. The van der Waals surface area contributed by atoms with Gasteiger partial charge in [-0.1, -0.05) is 18.2 Å². The van der Waals surface area contributed by atoms with Gasteiger partial charge in [0, 0.05) is 37.1 Å². The number of imidazole rings is 1. The highest BCUT2D eigenvalue weighted by molar-refractivity contribution is 5.76. The number of aliphatic hydroxyl groups is 1. The number of carbonyl (C=O) groups excluding carboxylic acids is 1. The second-order valence-electron chi connectivity index (χ2n) is 7.35. The molecule has 7 nitrogen and oxygen atoms in total. The summed E-state index contributed by atoms with van der Waals surface area (Å²) < 4.78 is 0. The zero-order valence-corrected chi connectivity index (χ0v) is 16.2. The fraction of sp³-hybridized carbons (Fsp3) is 0.381. The molecule has 0 atom stereocenters. The SMILES string of the molecule is Cc1[nH]nc(CCC(=O)N2CCc3nc(-c4cccc(CO)c4)[nH]c3C2)c1C. The van der Waals surface area contributed by atoms with E-state index in [4.69, 9.17) is 4.98 Å². The Morgan fingerprint density at radius 3 is 2.93 bits per heavy atom. The van der Waals surface area contributed by atoms with Crippen molar-refractivity contribution in [1.82, 2.24) is 25.1 Å². The lowest BCUT2D eigenvalue weighted by Gasteiger charge is -2.26. The zero-order valence-electron chi connectivity index (χ0n) is 16.2. The van der Waals surface area contributed by atoms with Crippen molar-refractivity contribution in [2.24, 2.45) is 0 Å². The van der Waals surface area contributed by atoms with Gasteiger partial charge in [-0.15, -0.1) is 0 Å². The van der Waals surface area contributed by atoms with E-state index in [2.05, 4.69) is 15.2 Å². The number of hydrogen-bond acceptors (Lipinski definition) is 4. The third kappa shape index (κ3) is 3.57. The Balaban J connectivity index is 1.43. The number of nitrogens with one attached hydrogen (secondary N) is 2. The van der Waals surface area contributed by atoms with Gasteiger partial charge >= 0.3 is 0 Å². The monoisotopic (exact) mass is 379 g/mol. The molecular formula is C21H25N5O2. The molecule has 28 heavy (non-hydrogen) atoms. The van der Waals surface area contributed by atoms with Crippen LogP contribution in [0.2, 0.25) is 0 Å². The Bertz CT molecular complexity index is 1000. The minimum atomic E-state index is 0.00550. The van der Waals surface area contributed by atoms with Crippen molar-refractivity contribution in [1.29, 1.82) is 0 Å². The van der Waals surface area contributed by atoms with Crippen molar-refractivity contribution in [3.8, 4) is 11.4 Å². The summed E-state index contributed by atoms with van der Waals surface area (Å²) in [6.45, 7) is 5.27. The first kappa shape index (κ1) is 18.4. The molecule has 7 heteroatoms. The smallest absolute Gasteiger partial charge is 0.223 e. The van der Waals surface area contributed by atoms with E-state index in [-0.39, 0.29) is 12.5 Å². The first-order chi connectivity index (χ1) is 13.5. The number of nitrogens with zero attached hydrogens (tertiary/aromatic N) is 3. The molecule has 0 radical (unpaired) electrons. The summed E-state index contributed by atoms with van der Waals surface area (Å²) in [5.41, 5.74) is 6.98. The molecule has 1 aliphatic heterocycles. The van der Waals surface area contributed by atoms with Crippen LogP contribution in [0.1, 0.15) is 40.3 Å². The maximum atomic E-state index is 12.7. The first-order valence-electron chi connectivity index (χ1n) is 9.61. The summed E-state index contributed by atoms with van der Waals surface area (Å²) in [6.07, 6.45) is 1.86. The lowest BCUT2D eigenvalue weighted by atomic mass is 10.1. The average molecular weight is 379 g/mol. The predicted molar refractivity (Wildman–Crippen MR) is 105 cm³/mol. The van der Waals surface area contributed by atoms with Gasteiger partial charge in [-0.05, 0) is 31.0 Å². The van der Waals surface area contributed by atoms with Crippen molar-refractivity contribution in [2.45, 2.75) is 46.3 Å². The molecule has 2 aromatic heterocycles. The van der Waals surface area contributed by atoms with E-state index < -0.39 is 0 Å². The summed E-state index contributed by atoms with van der Waals surface area (Å²) in [7, 11) is 0. The molecule has 1 amide bonds. The lowest BCUT2D eigenvalue weighted by molar-refractivity contribution is -0.132. The van der Waals surface area contributed by atoms with E-state index in [1.54, 1.807) is 0 Å². The molecule has 0 aliphatic carbocycles. The largest absolute Gasteiger partial charge is 0.392 e. The minimum absolute atomic E-state index is 0.00550. The van der Waals surface area contributed by atoms with E-state index in [0.717, 1.165) is 51.7 Å². The van der Waals surface area contributed by atoms with Crippen LogP contribution in [-0.4, -0.2) is 42.6 Å². The van der Waals surface area contributed by atoms with Gasteiger partial charge in [-0.2, -0.15) is 5.10 Å². The van der Waals surface area contributed by atoms with Crippen LogP contribution < -0.4 is 0 Å². The number of aliphatic hydroxyl groups excluding tert-OH is 1. The Kier molecular flexibility index (Phi) is 5.00. The van der Waals surface area contributed by atoms with E-state index in [9.17, 15) is 9.90 Å². The van der Waals surface area contributed by atoms with Gasteiger partial charge in [0.05, 0.1) is 30.2 Å². The Hall–Kier alpha value is -2.93. The van der Waals surface area contributed by atoms with Crippen LogP contribution in [0.5, 0.6) is 0 Å². The van der Waals surface area contributed by atoms with Gasteiger partial charge in [0.2, 0.25) is 5.91 Å². The number of aryl methyl sites for hydroxylation is 2. The van der Waals surface area contributed by atoms with Crippen LogP contribution in [0.15, 0.2) is 24.3 Å². The number of fused-ring (bicyclic) bond motifs is 1. The van der Waals surface area contributed by atoms with Gasteiger partial charge in [0.15, 0.2) is 0 Å². The number of hydrogen-bond donors (Lipinski definition) is 3. The molecule has 3 N–H and O–H groups in total. The standard InChI is InChI=1S/C21H25N5O2/c1-13-14(2)24-25-17(13)6-7-20(28)26-9-8-18-19(11-26)23-21(22-18)16-5-3-4-15(10-16)12-27/h3-5,10,27H,6-9,11-12H2,1-2H3,(H,22,23)(H,24,25). The molecule has 0 bridgehead atoms. The molecule has 0 unspecified atom stereocenters. The fourth-order valence-electron chi connectivity index (χ4n) is 3.62. The fourth-order valence-corrected chi connectivity index (χ4v) is 3.62.